The molecule has 130 valence electrons. The van der Waals surface area contributed by atoms with Gasteiger partial charge in [-0.3, -0.25) is 14.2 Å². The fraction of sp³-hybridized carbons (Fsp3) is 0.857. The molecular formula is C14H29N2O5P. The van der Waals surface area contributed by atoms with Crippen LogP contribution in [0.2, 0.25) is 0 Å². The number of hydrogen-bond donors (Lipinski definition) is 2. The second-order valence-electron chi connectivity index (χ2n) is 5.96. The average Bonchev–Trinajstić information content (AvgIpc) is 2.34. The fourth-order valence-corrected chi connectivity index (χ4v) is 3.34. The number of nitrogens with one attached hydrogen (secondary N) is 2. The lowest BCUT2D eigenvalue weighted by Crippen LogP contribution is -2.41. The Hall–Kier alpha value is -0.910. The van der Waals surface area contributed by atoms with Crippen LogP contribution in [-0.2, 0) is 23.6 Å². The second kappa shape index (κ2) is 9.28. The van der Waals surface area contributed by atoms with Gasteiger partial charge in [0.2, 0.25) is 7.44 Å². The zero-order valence-corrected chi connectivity index (χ0v) is 15.4. The molecule has 0 fully saturated rings. The van der Waals surface area contributed by atoms with Crippen molar-refractivity contribution in [3.8, 4) is 0 Å². The third kappa shape index (κ3) is 7.92. The first-order valence-electron chi connectivity index (χ1n) is 7.50. The maximum Gasteiger partial charge on any atom is 0.323 e. The Morgan fingerprint density at radius 1 is 0.955 bits per heavy atom. The van der Waals surface area contributed by atoms with Gasteiger partial charge in [0.05, 0.1) is 12.2 Å². The Morgan fingerprint density at radius 3 is 1.86 bits per heavy atom. The number of ether oxygens (including phenoxy) is 2. The maximum atomic E-state index is 12.9. The lowest BCUT2D eigenvalue weighted by molar-refractivity contribution is -0.149. The molecule has 0 aliphatic rings. The van der Waals surface area contributed by atoms with E-state index in [1.807, 2.05) is 0 Å². The van der Waals surface area contributed by atoms with Gasteiger partial charge in [-0.05, 0) is 34.6 Å². The Labute approximate surface area is 133 Å². The zero-order valence-electron chi connectivity index (χ0n) is 14.5. The molecule has 22 heavy (non-hydrogen) atoms. The van der Waals surface area contributed by atoms with Gasteiger partial charge in [0.15, 0.2) is 0 Å². The molecule has 0 spiro atoms. The molecule has 0 saturated heterocycles. The van der Waals surface area contributed by atoms with Gasteiger partial charge < -0.3 is 9.47 Å². The third-order valence-corrected chi connectivity index (χ3v) is 5.50. The molecule has 0 aromatic heterocycles. The van der Waals surface area contributed by atoms with Crippen molar-refractivity contribution in [2.75, 3.05) is 6.54 Å². The molecule has 0 aliphatic heterocycles. The van der Waals surface area contributed by atoms with Crippen LogP contribution in [0.25, 0.3) is 0 Å². The van der Waals surface area contributed by atoms with Crippen molar-refractivity contribution in [1.82, 2.24) is 10.2 Å². The largest absolute Gasteiger partial charge is 0.462 e. The molecule has 8 heteroatoms. The van der Waals surface area contributed by atoms with Gasteiger partial charge in [-0.1, -0.05) is 13.8 Å². The second-order valence-corrected chi connectivity index (χ2v) is 8.88. The van der Waals surface area contributed by atoms with Crippen LogP contribution in [0.4, 0.5) is 0 Å². The van der Waals surface area contributed by atoms with Crippen LogP contribution in [0.1, 0.15) is 48.5 Å². The first-order chi connectivity index (χ1) is 9.97. The molecule has 0 aromatic rings. The lowest BCUT2D eigenvalue weighted by atomic mass is 10.4. The van der Waals surface area contributed by atoms with Crippen molar-refractivity contribution < 1.29 is 23.6 Å². The van der Waals surface area contributed by atoms with E-state index in [0.29, 0.717) is 0 Å². The number of hydrogen-bond acceptors (Lipinski definition) is 5. The minimum absolute atomic E-state index is 0.188. The Kier molecular flexibility index (Phi) is 8.89. The van der Waals surface area contributed by atoms with Gasteiger partial charge in [0.25, 0.3) is 0 Å². The van der Waals surface area contributed by atoms with E-state index in [9.17, 15) is 14.2 Å². The predicted octanol–water partition coefficient (Wildman–Crippen LogP) is 2.06. The molecule has 0 saturated carbocycles. The molecule has 0 amide bonds. The molecule has 0 rings (SSSR count). The average molecular weight is 336 g/mol. The van der Waals surface area contributed by atoms with Gasteiger partial charge in [-0.25, -0.2) is 10.2 Å². The number of rotatable bonds is 9. The van der Waals surface area contributed by atoms with E-state index in [2.05, 4.69) is 10.2 Å². The van der Waals surface area contributed by atoms with Crippen molar-refractivity contribution in [2.24, 2.45) is 0 Å². The van der Waals surface area contributed by atoms with Crippen LogP contribution in [0.5, 0.6) is 0 Å². The van der Waals surface area contributed by atoms with Crippen LogP contribution in [0.15, 0.2) is 0 Å². The molecule has 2 atom stereocenters. The summed E-state index contributed by atoms with van der Waals surface area (Å²) in [4.78, 5) is 23.4. The van der Waals surface area contributed by atoms with E-state index in [1.54, 1.807) is 48.5 Å². The summed E-state index contributed by atoms with van der Waals surface area (Å²) in [5, 5.41) is 5.47. The van der Waals surface area contributed by atoms with Crippen molar-refractivity contribution in [3.63, 3.8) is 0 Å². The zero-order chi connectivity index (χ0) is 17.5. The fourth-order valence-electron chi connectivity index (χ4n) is 1.54. The van der Waals surface area contributed by atoms with E-state index < -0.39 is 25.4 Å². The normalized spacial score (nSPS) is 15.7. The summed E-state index contributed by atoms with van der Waals surface area (Å²) in [6.07, 6.45) is -0.482. The minimum Gasteiger partial charge on any atom is -0.462 e. The highest BCUT2D eigenvalue weighted by Gasteiger charge is 2.31. The maximum absolute atomic E-state index is 12.9. The minimum atomic E-state index is -3.14. The monoisotopic (exact) mass is 336 g/mol. The van der Waals surface area contributed by atoms with Crippen LogP contribution in [0, 0.1) is 0 Å². The summed E-state index contributed by atoms with van der Waals surface area (Å²) in [6, 6.07) is -0.746. The molecule has 0 aliphatic carbocycles. The molecular weight excluding hydrogens is 307 g/mol. The summed E-state index contributed by atoms with van der Waals surface area (Å²) in [5.41, 5.74) is -0.298. The van der Waals surface area contributed by atoms with Gasteiger partial charge in [-0.15, -0.1) is 0 Å². The topological polar surface area (TPSA) is 93.7 Å². The first kappa shape index (κ1) is 21.1. The van der Waals surface area contributed by atoms with Gasteiger partial charge in [0.1, 0.15) is 12.6 Å². The van der Waals surface area contributed by atoms with Gasteiger partial charge >= 0.3 is 11.9 Å². The number of carbonyl (C=O) groups excluding carboxylic acids is 2. The van der Waals surface area contributed by atoms with Crippen LogP contribution < -0.4 is 10.2 Å². The van der Waals surface area contributed by atoms with E-state index in [-0.39, 0.29) is 24.4 Å². The smallest absolute Gasteiger partial charge is 0.323 e. The SMILES string of the molecule is CC(C)OC(=O)CN[P@@](=O)(N[C@@H](C)C(=O)OC(C)C)C(C)C. The Morgan fingerprint density at radius 2 is 1.45 bits per heavy atom. The van der Waals surface area contributed by atoms with E-state index in [0.717, 1.165) is 0 Å². The lowest BCUT2D eigenvalue weighted by Gasteiger charge is -2.27. The van der Waals surface area contributed by atoms with Crippen LogP contribution in [-0.4, -0.2) is 42.4 Å². The summed E-state index contributed by atoms with van der Waals surface area (Å²) < 4.78 is 22.9. The van der Waals surface area contributed by atoms with E-state index in [4.69, 9.17) is 9.47 Å². The standard InChI is InChI=1S/C14H29N2O5P/c1-9(2)20-13(17)8-15-22(19,11(5)6)16-12(7)14(18)21-10(3)4/h9-12H,8H2,1-7H3,(H2,15,16,19)/t12-,22+/m0/s1. The summed E-state index contributed by atoms with van der Waals surface area (Å²) in [6.45, 7) is 11.8. The Bertz CT molecular complexity index is 423. The molecule has 7 nitrogen and oxygen atoms in total. The molecule has 0 unspecified atom stereocenters. The molecule has 0 bridgehead atoms. The van der Waals surface area contributed by atoms with Gasteiger partial charge in [0, 0.05) is 5.66 Å². The highest BCUT2D eigenvalue weighted by Crippen LogP contribution is 2.42. The highest BCUT2D eigenvalue weighted by molar-refractivity contribution is 7.60. The number of carbonyl (C=O) groups is 2. The van der Waals surface area contributed by atoms with Crippen molar-refractivity contribution >= 4 is 19.4 Å². The Balaban J connectivity index is 4.72. The molecule has 2 N–H and O–H groups in total. The quantitative estimate of drug-likeness (QED) is 0.491. The van der Waals surface area contributed by atoms with Crippen molar-refractivity contribution in [2.45, 2.75) is 72.4 Å². The summed E-state index contributed by atoms with van der Waals surface area (Å²) >= 11 is 0. The molecule has 0 aromatic carbocycles. The molecule has 0 radical (unpaired) electrons. The van der Waals surface area contributed by atoms with Crippen molar-refractivity contribution in [3.05, 3.63) is 0 Å². The van der Waals surface area contributed by atoms with Gasteiger partial charge in [-0.2, -0.15) is 0 Å². The summed E-state index contributed by atoms with van der Waals surface area (Å²) in [7, 11) is -3.14. The molecule has 0 heterocycles. The summed E-state index contributed by atoms with van der Waals surface area (Å²) in [5.74, 6) is -0.975. The highest BCUT2D eigenvalue weighted by atomic mass is 31.2. The third-order valence-electron chi connectivity index (χ3n) is 2.64. The van der Waals surface area contributed by atoms with Crippen LogP contribution in [0.3, 0.4) is 0 Å². The van der Waals surface area contributed by atoms with Crippen LogP contribution >= 0.6 is 7.44 Å². The predicted molar refractivity (Wildman–Crippen MR) is 85.8 cm³/mol. The van der Waals surface area contributed by atoms with E-state index >= 15 is 0 Å². The first-order valence-corrected chi connectivity index (χ1v) is 9.28. The van der Waals surface area contributed by atoms with Crippen molar-refractivity contribution in [1.29, 1.82) is 0 Å². The van der Waals surface area contributed by atoms with E-state index in [1.165, 1.54) is 0 Å². The number of esters is 2.